The fourth-order valence-electron chi connectivity index (χ4n) is 0.638. The van der Waals surface area contributed by atoms with Gasteiger partial charge in [-0.3, -0.25) is 0 Å². The van der Waals surface area contributed by atoms with Gasteiger partial charge in [-0.15, -0.1) is 0 Å². The number of aliphatic carboxylic acids is 1. The number of hydrogen-bond donors (Lipinski definition) is 2. The van der Waals surface area contributed by atoms with Crippen molar-refractivity contribution in [3.63, 3.8) is 0 Å². The predicted molar refractivity (Wildman–Crippen MR) is 44.9 cm³/mol. The second-order valence-electron chi connectivity index (χ2n) is 2.52. The van der Waals surface area contributed by atoms with Crippen LogP contribution in [0.15, 0.2) is 12.2 Å². The third-order valence-corrected chi connectivity index (χ3v) is 1.32. The van der Waals surface area contributed by atoms with Crippen molar-refractivity contribution >= 4 is 5.97 Å². The molecule has 0 rings (SSSR count). The van der Waals surface area contributed by atoms with Crippen LogP contribution in [0.5, 0.6) is 0 Å². The SMILES string of the molecule is CC/C=C/CNCC(F)(F)C(=O)O. The van der Waals surface area contributed by atoms with E-state index in [1.54, 1.807) is 6.08 Å². The maximum absolute atomic E-state index is 12.4. The summed E-state index contributed by atoms with van der Waals surface area (Å²) in [5, 5.41) is 10.4. The Morgan fingerprint density at radius 3 is 2.62 bits per heavy atom. The Morgan fingerprint density at radius 1 is 1.54 bits per heavy atom. The van der Waals surface area contributed by atoms with E-state index in [1.165, 1.54) is 0 Å². The van der Waals surface area contributed by atoms with Crippen LogP contribution in [0.25, 0.3) is 0 Å². The summed E-state index contributed by atoms with van der Waals surface area (Å²) in [5.74, 6) is -5.78. The quantitative estimate of drug-likeness (QED) is 0.493. The van der Waals surface area contributed by atoms with Crippen LogP contribution >= 0.6 is 0 Å². The number of nitrogens with one attached hydrogen (secondary N) is 1. The van der Waals surface area contributed by atoms with Gasteiger partial charge in [-0.25, -0.2) is 4.79 Å². The smallest absolute Gasteiger partial charge is 0.375 e. The van der Waals surface area contributed by atoms with Crippen LogP contribution < -0.4 is 5.32 Å². The molecule has 0 atom stereocenters. The zero-order chi connectivity index (χ0) is 10.3. The molecule has 13 heavy (non-hydrogen) atoms. The molecule has 0 aliphatic rings. The van der Waals surface area contributed by atoms with Gasteiger partial charge in [-0.05, 0) is 6.42 Å². The van der Waals surface area contributed by atoms with E-state index in [4.69, 9.17) is 5.11 Å². The highest BCUT2D eigenvalue weighted by Gasteiger charge is 2.37. The van der Waals surface area contributed by atoms with Crippen LogP contribution in [0.2, 0.25) is 0 Å². The molecule has 3 nitrogen and oxygen atoms in total. The molecule has 0 amide bonds. The zero-order valence-corrected chi connectivity index (χ0v) is 7.39. The maximum atomic E-state index is 12.4. The number of carbonyl (C=O) groups is 1. The Bertz CT molecular complexity index is 193. The Hall–Kier alpha value is -0.970. The third kappa shape index (κ3) is 5.30. The van der Waals surface area contributed by atoms with Gasteiger partial charge in [0.1, 0.15) is 0 Å². The molecule has 2 N–H and O–H groups in total. The summed E-state index contributed by atoms with van der Waals surface area (Å²) in [7, 11) is 0. The average molecular weight is 193 g/mol. The van der Waals surface area contributed by atoms with Crippen molar-refractivity contribution < 1.29 is 18.7 Å². The number of carboxylic acids is 1. The number of alkyl halides is 2. The molecule has 0 bridgehead atoms. The summed E-state index contributed by atoms with van der Waals surface area (Å²) in [5.41, 5.74) is 0. The number of allylic oxidation sites excluding steroid dienone is 1. The van der Waals surface area contributed by atoms with Crippen LogP contribution in [0.3, 0.4) is 0 Å². The molecule has 0 fully saturated rings. The highest BCUT2D eigenvalue weighted by atomic mass is 19.3. The normalized spacial score (nSPS) is 12.2. The van der Waals surface area contributed by atoms with Crippen molar-refractivity contribution in [3.8, 4) is 0 Å². The van der Waals surface area contributed by atoms with E-state index >= 15 is 0 Å². The van der Waals surface area contributed by atoms with Gasteiger partial charge in [0.25, 0.3) is 0 Å². The molecule has 0 radical (unpaired) electrons. The van der Waals surface area contributed by atoms with Crippen molar-refractivity contribution in [3.05, 3.63) is 12.2 Å². The van der Waals surface area contributed by atoms with Crippen LogP contribution in [0.1, 0.15) is 13.3 Å². The van der Waals surface area contributed by atoms with E-state index in [1.807, 2.05) is 13.0 Å². The van der Waals surface area contributed by atoms with Crippen molar-refractivity contribution in [2.24, 2.45) is 0 Å². The highest BCUT2D eigenvalue weighted by Crippen LogP contribution is 2.10. The first-order valence-corrected chi connectivity index (χ1v) is 3.97. The fraction of sp³-hybridized carbons (Fsp3) is 0.625. The first-order valence-electron chi connectivity index (χ1n) is 3.97. The summed E-state index contributed by atoms with van der Waals surface area (Å²) in [6.45, 7) is 1.34. The molecule has 0 spiro atoms. The second kappa shape index (κ2) is 5.64. The summed E-state index contributed by atoms with van der Waals surface area (Å²) < 4.78 is 24.7. The number of hydrogen-bond acceptors (Lipinski definition) is 2. The molecule has 0 aromatic heterocycles. The van der Waals surface area contributed by atoms with Gasteiger partial charge in [0.05, 0.1) is 6.54 Å². The van der Waals surface area contributed by atoms with Crippen LogP contribution in [-0.2, 0) is 4.79 Å². The van der Waals surface area contributed by atoms with Crippen LogP contribution in [0, 0.1) is 0 Å². The topological polar surface area (TPSA) is 49.3 Å². The monoisotopic (exact) mass is 193 g/mol. The van der Waals surface area contributed by atoms with Crippen LogP contribution in [-0.4, -0.2) is 30.1 Å². The van der Waals surface area contributed by atoms with E-state index in [0.717, 1.165) is 6.42 Å². The standard InChI is InChI=1S/C8H13F2NO2/c1-2-3-4-5-11-6-8(9,10)7(12)13/h3-4,11H,2,5-6H2,1H3,(H,12,13)/b4-3+. The van der Waals surface area contributed by atoms with Crippen molar-refractivity contribution in [2.75, 3.05) is 13.1 Å². The largest absolute Gasteiger partial charge is 0.477 e. The number of carboxylic acid groups (broad SMARTS) is 1. The Balaban J connectivity index is 3.64. The molecule has 0 aliphatic carbocycles. The molecular formula is C8H13F2NO2. The minimum atomic E-state index is -3.68. The lowest BCUT2D eigenvalue weighted by Crippen LogP contribution is -2.39. The fourth-order valence-corrected chi connectivity index (χ4v) is 0.638. The molecule has 0 saturated heterocycles. The Kier molecular flexibility index (Phi) is 5.22. The van der Waals surface area contributed by atoms with E-state index in [0.29, 0.717) is 0 Å². The highest BCUT2D eigenvalue weighted by molar-refractivity contribution is 5.75. The van der Waals surface area contributed by atoms with Gasteiger partial charge >= 0.3 is 11.9 Å². The van der Waals surface area contributed by atoms with Gasteiger partial charge in [-0.1, -0.05) is 19.1 Å². The molecule has 0 aliphatic heterocycles. The molecule has 0 aromatic carbocycles. The van der Waals surface area contributed by atoms with Crippen molar-refractivity contribution in [1.82, 2.24) is 5.32 Å². The zero-order valence-electron chi connectivity index (χ0n) is 7.39. The molecule has 0 aromatic rings. The number of rotatable bonds is 6. The minimum absolute atomic E-state index is 0.261. The number of halogens is 2. The second-order valence-corrected chi connectivity index (χ2v) is 2.52. The van der Waals surface area contributed by atoms with Gasteiger partial charge in [0.15, 0.2) is 0 Å². The Morgan fingerprint density at radius 2 is 2.15 bits per heavy atom. The lowest BCUT2D eigenvalue weighted by atomic mass is 10.3. The summed E-state index contributed by atoms with van der Waals surface area (Å²) in [4.78, 5) is 9.93. The Labute approximate surface area is 75.4 Å². The summed E-state index contributed by atoms with van der Waals surface area (Å²) in [6, 6.07) is 0. The average Bonchev–Trinajstić information content (AvgIpc) is 2.03. The van der Waals surface area contributed by atoms with Gasteiger partial charge in [-0.2, -0.15) is 8.78 Å². The van der Waals surface area contributed by atoms with E-state index < -0.39 is 18.4 Å². The van der Waals surface area contributed by atoms with Crippen molar-refractivity contribution in [2.45, 2.75) is 19.3 Å². The van der Waals surface area contributed by atoms with Crippen LogP contribution in [0.4, 0.5) is 8.78 Å². The van der Waals surface area contributed by atoms with Gasteiger partial charge in [0.2, 0.25) is 0 Å². The van der Waals surface area contributed by atoms with Gasteiger partial charge < -0.3 is 10.4 Å². The third-order valence-electron chi connectivity index (χ3n) is 1.32. The lowest BCUT2D eigenvalue weighted by molar-refractivity contribution is -0.163. The molecule has 0 unspecified atom stereocenters. The van der Waals surface area contributed by atoms with Gasteiger partial charge in [0, 0.05) is 6.54 Å². The summed E-state index contributed by atoms with van der Waals surface area (Å²) in [6.07, 6.45) is 4.32. The molecule has 5 heteroatoms. The van der Waals surface area contributed by atoms with Crippen molar-refractivity contribution in [1.29, 1.82) is 0 Å². The maximum Gasteiger partial charge on any atom is 0.375 e. The predicted octanol–water partition coefficient (Wildman–Crippen LogP) is 1.26. The molecule has 0 saturated carbocycles. The molecule has 0 heterocycles. The summed E-state index contributed by atoms with van der Waals surface area (Å²) >= 11 is 0. The lowest BCUT2D eigenvalue weighted by Gasteiger charge is -2.10. The van der Waals surface area contributed by atoms with E-state index in [-0.39, 0.29) is 6.54 Å². The first-order chi connectivity index (χ1) is 6.00. The van der Waals surface area contributed by atoms with E-state index in [9.17, 15) is 13.6 Å². The molecular weight excluding hydrogens is 180 g/mol. The van der Waals surface area contributed by atoms with E-state index in [2.05, 4.69) is 5.32 Å². The molecule has 76 valence electrons. The minimum Gasteiger partial charge on any atom is -0.477 e. The first kappa shape index (κ1) is 12.0.